The molecular weight excluding hydrogens is 728 g/mol. The van der Waals surface area contributed by atoms with Gasteiger partial charge in [-0.3, -0.25) is 4.90 Å². The first-order chi connectivity index (χ1) is 21.8. The zero-order chi connectivity index (χ0) is 33.5. The third kappa shape index (κ3) is 14.6. The van der Waals surface area contributed by atoms with Crippen LogP contribution in [0.2, 0.25) is 0 Å². The van der Waals surface area contributed by atoms with E-state index in [2.05, 4.69) is 19.9 Å². The standard InChI is InChI=1S/C30H33N5O9P2.4Na/c1-3-44-46(42,43)28-15-7-13-25(34-28)23-11-5-9-21(32-23)19-35(26(30(38)39)16-17-29(36)37)18-20-8-4-10-22(31-20)24-12-6-14-27(33-24)45(2,40)41;;;;/h4-15,26H,3,16-19H2,1-2H3,(H,36,37)(H,38,39)(H,40,41)(H,42,43);;;;/q;4*+1/p-4. The van der Waals surface area contributed by atoms with Crippen molar-refractivity contribution < 1.29 is 161 Å². The molecule has 0 spiro atoms. The van der Waals surface area contributed by atoms with Gasteiger partial charge in [0.1, 0.15) is 5.44 Å². The first-order valence-corrected chi connectivity index (χ1v) is 17.6. The molecule has 4 heterocycles. The number of rotatable bonds is 15. The van der Waals surface area contributed by atoms with E-state index in [4.69, 9.17) is 4.52 Å². The van der Waals surface area contributed by atoms with Crippen molar-refractivity contribution in [1.82, 2.24) is 24.8 Å². The van der Waals surface area contributed by atoms with Crippen LogP contribution in [-0.4, -0.2) is 56.1 Å². The van der Waals surface area contributed by atoms with E-state index in [-0.39, 0.29) is 167 Å². The third-order valence-corrected chi connectivity index (χ3v) is 9.16. The van der Waals surface area contributed by atoms with E-state index < -0.39 is 39.4 Å². The van der Waals surface area contributed by atoms with E-state index in [1.54, 1.807) is 48.5 Å². The topological polar surface area (TPSA) is 225 Å². The summed E-state index contributed by atoms with van der Waals surface area (Å²) in [4.78, 5) is 66.9. The van der Waals surface area contributed by atoms with Crippen LogP contribution < -0.4 is 149 Å². The molecule has 0 saturated carbocycles. The Morgan fingerprint density at radius 3 is 1.56 bits per heavy atom. The number of hydrogen-bond donors (Lipinski definition) is 0. The van der Waals surface area contributed by atoms with Crippen molar-refractivity contribution in [3.63, 3.8) is 0 Å². The summed E-state index contributed by atoms with van der Waals surface area (Å²) in [5, 5.41) is 23.5. The fourth-order valence-corrected chi connectivity index (χ4v) is 6.18. The molecule has 3 unspecified atom stereocenters. The summed E-state index contributed by atoms with van der Waals surface area (Å²) >= 11 is 0. The molecule has 0 aliphatic heterocycles. The van der Waals surface area contributed by atoms with Crippen molar-refractivity contribution in [2.75, 3.05) is 13.3 Å². The normalized spacial score (nSPS) is 13.5. The Balaban J connectivity index is 0.00000600. The summed E-state index contributed by atoms with van der Waals surface area (Å²) in [6.45, 7) is 2.34. The summed E-state index contributed by atoms with van der Waals surface area (Å²) in [6, 6.07) is 17.2. The maximum Gasteiger partial charge on any atom is 1.00 e. The molecule has 50 heavy (non-hydrogen) atoms. The Morgan fingerprint density at radius 1 is 0.720 bits per heavy atom. The Kier molecular flexibility index (Phi) is 22.8. The van der Waals surface area contributed by atoms with Gasteiger partial charge in [0.25, 0.3) is 0 Å². The molecule has 3 atom stereocenters. The molecule has 242 valence electrons. The van der Waals surface area contributed by atoms with E-state index in [1.807, 2.05) is 0 Å². The van der Waals surface area contributed by atoms with Crippen molar-refractivity contribution in [3.05, 3.63) is 84.2 Å². The number of hydrogen-bond acceptors (Lipinski definition) is 14. The molecule has 4 aromatic rings. The fraction of sp³-hybridized carbons (Fsp3) is 0.267. The first kappa shape index (κ1) is 49.8. The smallest absolute Gasteiger partial charge is 0.795 e. The Morgan fingerprint density at radius 2 is 1.14 bits per heavy atom. The van der Waals surface area contributed by atoms with Crippen LogP contribution in [0.1, 0.15) is 31.2 Å². The number of nitrogens with zero attached hydrogens (tertiary/aromatic N) is 5. The maximum absolute atomic E-state index is 12.4. The number of aliphatic carboxylic acids is 2. The average molecular weight is 757 g/mol. The van der Waals surface area contributed by atoms with Crippen molar-refractivity contribution in [2.24, 2.45) is 0 Å². The Hall–Kier alpha value is -0.160. The van der Waals surface area contributed by atoms with Crippen LogP contribution >= 0.6 is 15.0 Å². The van der Waals surface area contributed by atoms with Gasteiger partial charge in [0, 0.05) is 19.1 Å². The minimum Gasteiger partial charge on any atom is -0.795 e. The van der Waals surface area contributed by atoms with Gasteiger partial charge in [-0.1, -0.05) is 24.3 Å². The average Bonchev–Trinajstić information content (AvgIpc) is 3.01. The van der Waals surface area contributed by atoms with Crippen molar-refractivity contribution >= 4 is 37.8 Å². The predicted octanol–water partition coefficient (Wildman–Crippen LogP) is -12.6. The first-order valence-electron chi connectivity index (χ1n) is 14.0. The molecule has 20 heteroatoms. The zero-order valence-corrected chi connectivity index (χ0v) is 38.6. The maximum atomic E-state index is 12.4. The summed E-state index contributed by atoms with van der Waals surface area (Å²) < 4.78 is 29.3. The second kappa shape index (κ2) is 22.9. The summed E-state index contributed by atoms with van der Waals surface area (Å²) in [6.07, 6.45) is -0.881. The molecule has 0 aliphatic carbocycles. The molecule has 0 N–H and O–H groups in total. The quantitative estimate of drug-likeness (QED) is 0.0812. The van der Waals surface area contributed by atoms with Gasteiger partial charge < -0.3 is 43.2 Å². The van der Waals surface area contributed by atoms with Gasteiger partial charge in [-0.05, 0) is 75.0 Å². The fourth-order valence-electron chi connectivity index (χ4n) is 4.56. The minimum absolute atomic E-state index is 0. The molecule has 4 aromatic heterocycles. The van der Waals surface area contributed by atoms with Gasteiger partial charge >= 0.3 is 118 Å². The Bertz CT molecular complexity index is 1840. The SMILES string of the molecule is CCOP(=O)([O-])c1cccc(-c2cccc(CN(Cc3cccc(-c4cccc(P(C)(=O)[O-])n4)n3)C(CCC(=O)[O-])C(=O)[O-])n2)n1.[Na+].[Na+].[Na+].[Na+]. The van der Waals surface area contributed by atoms with Crippen LogP contribution in [0.15, 0.2) is 72.8 Å². The van der Waals surface area contributed by atoms with Crippen molar-refractivity contribution in [2.45, 2.75) is 38.9 Å². The van der Waals surface area contributed by atoms with E-state index >= 15 is 0 Å². The molecule has 0 aliphatic rings. The molecule has 14 nitrogen and oxygen atoms in total. The molecule has 0 radical (unpaired) electrons. The van der Waals surface area contributed by atoms with Crippen LogP contribution in [0.4, 0.5) is 0 Å². The minimum atomic E-state index is -4.41. The van der Waals surface area contributed by atoms with Crippen LogP contribution in [-0.2, 0) is 36.3 Å². The van der Waals surface area contributed by atoms with Gasteiger partial charge in [0.05, 0.1) is 65.6 Å². The van der Waals surface area contributed by atoms with Gasteiger partial charge in [0.15, 0.2) is 7.60 Å². The number of pyridine rings is 4. The van der Waals surface area contributed by atoms with E-state index in [0.717, 1.165) is 6.66 Å². The molecule has 0 aromatic carbocycles. The zero-order valence-electron chi connectivity index (χ0n) is 28.8. The second-order valence-corrected chi connectivity index (χ2v) is 14.1. The van der Waals surface area contributed by atoms with Gasteiger partial charge in [-0.15, -0.1) is 0 Å². The summed E-state index contributed by atoms with van der Waals surface area (Å²) in [7, 11) is -8.30. The number of carboxylic acid groups (broad SMARTS) is 2. The molecular formula is C30H29N5Na4O9P2. The number of carbonyl (C=O) groups is 2. The van der Waals surface area contributed by atoms with Crippen LogP contribution in [0, 0.1) is 0 Å². The predicted molar refractivity (Wildman–Crippen MR) is 159 cm³/mol. The largest absolute Gasteiger partial charge is 1.00 e. The summed E-state index contributed by atoms with van der Waals surface area (Å²) in [5.41, 5.74) is 1.50. The number of carboxylic acids is 2. The van der Waals surface area contributed by atoms with E-state index in [9.17, 15) is 38.7 Å². The summed E-state index contributed by atoms with van der Waals surface area (Å²) in [5.74, 6) is -2.95. The third-order valence-electron chi connectivity index (χ3n) is 6.67. The monoisotopic (exact) mass is 757 g/mol. The van der Waals surface area contributed by atoms with Crippen LogP contribution in [0.25, 0.3) is 22.8 Å². The molecule has 4 rings (SSSR count). The second-order valence-electron chi connectivity index (χ2n) is 10.2. The Labute approximate surface area is 378 Å². The van der Waals surface area contributed by atoms with Gasteiger partial charge in [-0.2, -0.15) is 0 Å². The van der Waals surface area contributed by atoms with E-state index in [0.29, 0.717) is 22.8 Å². The van der Waals surface area contributed by atoms with Crippen molar-refractivity contribution in [1.29, 1.82) is 0 Å². The number of aromatic nitrogens is 4. The number of carbonyl (C=O) groups excluding carboxylic acids is 2. The molecule has 0 bridgehead atoms. The molecule has 0 fully saturated rings. The van der Waals surface area contributed by atoms with Crippen LogP contribution in [0.5, 0.6) is 0 Å². The molecule has 0 saturated heterocycles. The van der Waals surface area contributed by atoms with Crippen molar-refractivity contribution in [3.8, 4) is 22.8 Å². The van der Waals surface area contributed by atoms with Gasteiger partial charge in [0.2, 0.25) is 0 Å². The van der Waals surface area contributed by atoms with E-state index in [1.165, 1.54) is 36.1 Å². The van der Waals surface area contributed by atoms with Crippen LogP contribution in [0.3, 0.4) is 0 Å². The molecule has 0 amide bonds. The van der Waals surface area contributed by atoms with Gasteiger partial charge in [-0.25, -0.2) is 19.9 Å².